The van der Waals surface area contributed by atoms with Crippen molar-refractivity contribution in [3.05, 3.63) is 263 Å². The van der Waals surface area contributed by atoms with E-state index in [0.717, 1.165) is 66.8 Å². The smallest absolute Gasteiger partial charge is 0.310 e. The van der Waals surface area contributed by atoms with Gasteiger partial charge in [-0.25, -0.2) is 38.7 Å². The third kappa shape index (κ3) is 8.36. The predicted molar refractivity (Wildman–Crippen MR) is 327 cm³/mol. The highest BCUT2D eigenvalue weighted by Gasteiger charge is 2.20. The summed E-state index contributed by atoms with van der Waals surface area (Å²) in [5.41, 5.74) is 13.3. The van der Waals surface area contributed by atoms with E-state index in [-0.39, 0.29) is 22.8 Å². The van der Waals surface area contributed by atoms with Crippen molar-refractivity contribution in [1.82, 2.24) is 48.7 Å². The molecule has 0 spiro atoms. The number of rotatable bonds is 9. The molecule has 0 unspecified atom stereocenters. The lowest BCUT2D eigenvalue weighted by atomic mass is 10.0. The molecule has 14 nitrogen and oxygen atoms in total. The largest absolute Gasteiger partial charge is 0.424 e. The molecule has 0 amide bonds. The molecule has 0 N–H and O–H groups in total. The van der Waals surface area contributed by atoms with Crippen LogP contribution in [0.4, 0.5) is 0 Å². The van der Waals surface area contributed by atoms with Crippen LogP contribution in [-0.4, -0.2) is 48.7 Å². The summed E-state index contributed by atoms with van der Waals surface area (Å²) in [4.78, 5) is 67.3. The molecule has 0 fully saturated rings. The number of benzene rings is 10. The van der Waals surface area contributed by atoms with Crippen LogP contribution in [0.1, 0.15) is 0 Å². The topological polar surface area (TPSA) is 172 Å². The van der Waals surface area contributed by atoms with Crippen molar-refractivity contribution in [2.45, 2.75) is 0 Å². The minimum Gasteiger partial charge on any atom is -0.424 e. The number of para-hydroxylation sites is 2. The van der Waals surface area contributed by atoms with Gasteiger partial charge in [0.1, 0.15) is 11.2 Å². The van der Waals surface area contributed by atoms with Gasteiger partial charge >= 0.3 is 11.7 Å². The van der Waals surface area contributed by atoms with Crippen molar-refractivity contribution in [1.29, 1.82) is 0 Å². The van der Waals surface area contributed by atoms with E-state index < -0.39 is 0 Å². The van der Waals surface area contributed by atoms with Gasteiger partial charge in [-0.15, -0.1) is 0 Å². The third-order valence-corrected chi connectivity index (χ3v) is 15.1. The Morgan fingerprint density at radius 1 is 0.250 bits per heavy atom. The van der Waals surface area contributed by atoms with E-state index in [9.17, 15) is 9.59 Å². The average Bonchev–Trinajstić information content (AvgIpc) is 2.80. The molecule has 14 heteroatoms. The van der Waals surface area contributed by atoms with E-state index in [4.69, 9.17) is 43.7 Å². The summed E-state index contributed by atoms with van der Waals surface area (Å²) >= 11 is 0. The summed E-state index contributed by atoms with van der Waals surface area (Å²) < 4.78 is 15.8. The first-order chi connectivity index (χ1) is 41.4. The first-order valence-electron chi connectivity index (χ1n) is 27.1. The lowest BCUT2D eigenvalue weighted by Gasteiger charge is -2.11. The maximum Gasteiger partial charge on any atom is 0.310 e. The van der Waals surface area contributed by atoms with Crippen LogP contribution in [0.2, 0.25) is 0 Å². The number of aromatic nitrogens is 10. The Balaban J connectivity index is 0.712. The van der Waals surface area contributed by atoms with Crippen LogP contribution in [-0.2, 0) is 0 Å². The fraction of sp³-hybridized carbons (Fsp3) is 0. The Hall–Kier alpha value is -11.9. The summed E-state index contributed by atoms with van der Waals surface area (Å²) in [6, 6.07) is 78.1. The minimum absolute atomic E-state index is 0.186. The normalized spacial score (nSPS) is 11.7. The zero-order chi connectivity index (χ0) is 55.8. The zero-order valence-corrected chi connectivity index (χ0v) is 44.2. The molecule has 394 valence electrons. The van der Waals surface area contributed by atoms with Crippen molar-refractivity contribution in [2.75, 3.05) is 0 Å². The number of imidazole rings is 2. The molecule has 0 radical (unpaired) electrons. The lowest BCUT2D eigenvalue weighted by molar-refractivity contribution is 0.616. The van der Waals surface area contributed by atoms with Gasteiger partial charge in [0.25, 0.3) is 11.1 Å². The number of nitrogens with zero attached hydrogens (tertiary/aromatic N) is 10. The van der Waals surface area contributed by atoms with Crippen molar-refractivity contribution in [3.63, 3.8) is 0 Å². The Labute approximate surface area is 476 Å². The van der Waals surface area contributed by atoms with Crippen molar-refractivity contribution in [2.24, 2.45) is 0 Å². The number of hydrogen-bond acceptors (Lipinski definition) is 12. The monoisotopic (exact) mass is 1080 g/mol. The van der Waals surface area contributed by atoms with Crippen LogP contribution in [0, 0.1) is 0 Å². The van der Waals surface area contributed by atoms with Crippen LogP contribution in [0.5, 0.6) is 0 Å². The number of hydrogen-bond donors (Lipinski definition) is 0. The van der Waals surface area contributed by atoms with E-state index in [1.807, 2.05) is 231 Å². The van der Waals surface area contributed by atoms with Crippen molar-refractivity contribution < 1.29 is 8.83 Å². The average molecular weight is 1090 g/mol. The lowest BCUT2D eigenvalue weighted by Crippen LogP contribution is -2.12. The van der Waals surface area contributed by atoms with Crippen molar-refractivity contribution >= 4 is 55.7 Å². The van der Waals surface area contributed by atoms with E-state index in [2.05, 4.69) is 4.98 Å². The van der Waals surface area contributed by atoms with Crippen LogP contribution >= 0.6 is 0 Å². The summed E-state index contributed by atoms with van der Waals surface area (Å²) in [5, 5.41) is 0.879. The first kappa shape index (κ1) is 48.0. The third-order valence-electron chi connectivity index (χ3n) is 15.1. The van der Waals surface area contributed by atoms with E-state index in [0.29, 0.717) is 79.0 Å². The molecule has 0 saturated heterocycles. The van der Waals surface area contributed by atoms with Crippen LogP contribution in [0.15, 0.2) is 261 Å². The molecule has 0 bridgehead atoms. The summed E-state index contributed by atoms with van der Waals surface area (Å²) in [7, 11) is 0. The SMILES string of the molecule is O=c1c2ccc(-c3cccc(-c4nc(-c5ccccc5)nc(-c5cccc(-c6ccc7c(c6)nc6oc8cc(-c9ccc(-c%10nc(-c%11ccccc%11)nc(-c%11ccccc%11)n%10)cc9)ccc8c(=O)n67)c5)n4)c3)cc2oc2nc3ccccc3n12. The van der Waals surface area contributed by atoms with Gasteiger partial charge in [-0.05, 0) is 94.0 Å². The summed E-state index contributed by atoms with van der Waals surface area (Å²) in [5.74, 6) is 3.64. The van der Waals surface area contributed by atoms with Gasteiger partial charge < -0.3 is 8.83 Å². The van der Waals surface area contributed by atoms with Crippen molar-refractivity contribution in [3.8, 4) is 102 Å². The molecule has 0 aliphatic rings. The van der Waals surface area contributed by atoms with E-state index >= 15 is 0 Å². The van der Waals surface area contributed by atoms with E-state index in [1.165, 1.54) is 8.80 Å². The molecule has 16 rings (SSSR count). The van der Waals surface area contributed by atoms with Crippen LogP contribution in [0.25, 0.3) is 157 Å². The molecule has 0 aliphatic heterocycles. The highest BCUT2D eigenvalue weighted by Crippen LogP contribution is 2.34. The fourth-order valence-electron chi connectivity index (χ4n) is 10.9. The molecule has 6 heterocycles. The Bertz CT molecular complexity index is 5370. The molecule has 84 heavy (non-hydrogen) atoms. The maximum atomic E-state index is 14.3. The Morgan fingerprint density at radius 2 is 0.583 bits per heavy atom. The van der Waals surface area contributed by atoms with E-state index in [1.54, 1.807) is 12.1 Å². The van der Waals surface area contributed by atoms with Gasteiger partial charge in [0.2, 0.25) is 0 Å². The van der Waals surface area contributed by atoms with Gasteiger partial charge in [-0.3, -0.25) is 9.59 Å². The highest BCUT2D eigenvalue weighted by molar-refractivity contribution is 5.90. The minimum atomic E-state index is -0.232. The Kier molecular flexibility index (Phi) is 11.1. The molecule has 16 aromatic rings. The molecule has 10 aromatic carbocycles. The van der Waals surface area contributed by atoms with Gasteiger partial charge in [-0.2, -0.15) is 9.97 Å². The van der Waals surface area contributed by atoms with Gasteiger partial charge in [0, 0.05) is 33.4 Å². The maximum absolute atomic E-state index is 14.3. The second-order valence-electron chi connectivity index (χ2n) is 20.3. The van der Waals surface area contributed by atoms with Gasteiger partial charge in [0.05, 0.1) is 32.8 Å². The molecule has 0 atom stereocenters. The standard InChI is InChI=1S/C70H40N10O4/c81-67-54-34-31-50(40-60(54)83-69-71-55-24-10-11-25-57(55)79(67)69)47-21-13-23-52(37-47)66-77-63(44-18-8-3-9-19-44)76-65(78-66)51-22-12-20-46(36-51)48-32-35-58-56(38-48)72-70-80(58)68(82)53-33-30-49(39-59(53)84-70)41-26-28-45(29-27-41)64-74-61(42-14-4-1-5-15-42)73-62(75-64)43-16-6-2-7-17-43/h1-40H. The summed E-state index contributed by atoms with van der Waals surface area (Å²) in [6.45, 7) is 0. The fourth-order valence-corrected chi connectivity index (χ4v) is 10.9. The number of fused-ring (bicyclic) bond motifs is 8. The highest BCUT2D eigenvalue weighted by atomic mass is 16.4. The van der Waals surface area contributed by atoms with Gasteiger partial charge in [-0.1, -0.05) is 182 Å². The van der Waals surface area contributed by atoms with Crippen LogP contribution in [0.3, 0.4) is 0 Å². The molecular formula is C70H40N10O4. The van der Waals surface area contributed by atoms with Gasteiger partial charge in [0.15, 0.2) is 34.9 Å². The second-order valence-corrected chi connectivity index (χ2v) is 20.3. The quantitative estimate of drug-likeness (QED) is 0.134. The second kappa shape index (κ2) is 19.4. The zero-order valence-electron chi connectivity index (χ0n) is 44.2. The van der Waals surface area contributed by atoms with Crippen LogP contribution < -0.4 is 11.1 Å². The molecular weight excluding hydrogens is 1040 g/mol. The molecule has 6 aromatic heterocycles. The molecule has 0 saturated carbocycles. The molecule has 0 aliphatic carbocycles. The first-order valence-corrected chi connectivity index (χ1v) is 27.1. The summed E-state index contributed by atoms with van der Waals surface area (Å²) in [6.07, 6.45) is 0. The predicted octanol–water partition coefficient (Wildman–Crippen LogP) is 14.9. The Morgan fingerprint density at radius 3 is 1.08 bits per heavy atom.